The monoisotopic (exact) mass is 371 g/mol. The van der Waals surface area contributed by atoms with E-state index < -0.39 is 17.8 Å². The van der Waals surface area contributed by atoms with Crippen molar-refractivity contribution >= 4 is 5.91 Å². The van der Waals surface area contributed by atoms with Crippen LogP contribution in [-0.4, -0.2) is 50.5 Å². The second-order valence-electron chi connectivity index (χ2n) is 6.43. The van der Waals surface area contributed by atoms with E-state index >= 15 is 0 Å². The maximum absolute atomic E-state index is 14.2. The highest BCUT2D eigenvalue weighted by atomic mass is 19.1. The van der Waals surface area contributed by atoms with Crippen molar-refractivity contribution in [2.24, 2.45) is 7.05 Å². The van der Waals surface area contributed by atoms with Crippen LogP contribution in [0.3, 0.4) is 0 Å². The second-order valence-corrected chi connectivity index (χ2v) is 6.43. The molecule has 1 aromatic carbocycles. The van der Waals surface area contributed by atoms with Gasteiger partial charge >= 0.3 is 0 Å². The van der Waals surface area contributed by atoms with Crippen molar-refractivity contribution in [2.45, 2.75) is 13.0 Å². The van der Waals surface area contributed by atoms with Crippen LogP contribution in [0.25, 0.3) is 11.5 Å². The second kappa shape index (κ2) is 6.92. The minimum absolute atomic E-state index is 0.0258. The zero-order valence-electron chi connectivity index (χ0n) is 14.9. The molecule has 0 bridgehead atoms. The Hall–Kier alpha value is -3.07. The summed E-state index contributed by atoms with van der Waals surface area (Å²) in [6.45, 7) is 2.70. The number of carbonyl (C=O) groups is 1. The van der Waals surface area contributed by atoms with Gasteiger partial charge in [-0.15, -0.1) is 0 Å². The summed E-state index contributed by atoms with van der Waals surface area (Å²) in [6.07, 6.45) is 3.36. The van der Waals surface area contributed by atoms with Gasteiger partial charge < -0.3 is 14.2 Å². The lowest BCUT2D eigenvalue weighted by atomic mass is 10.1. The quantitative estimate of drug-likeness (QED) is 0.701. The summed E-state index contributed by atoms with van der Waals surface area (Å²) in [5.41, 5.74) is 1.51. The molecule has 2 aromatic heterocycles. The van der Waals surface area contributed by atoms with Crippen molar-refractivity contribution in [1.29, 1.82) is 0 Å². The SMILES string of the molecule is Cc1ccc(F)c(C(=O)N2CCOCC2c2noc(-c3cnn(C)c3)n2)c1. The number of rotatable bonds is 3. The molecule has 0 N–H and O–H groups in total. The number of hydrogen-bond acceptors (Lipinski definition) is 6. The van der Waals surface area contributed by atoms with Crippen LogP contribution >= 0.6 is 0 Å². The lowest BCUT2D eigenvalue weighted by molar-refractivity contribution is -0.00600. The van der Waals surface area contributed by atoms with E-state index in [-0.39, 0.29) is 12.2 Å². The number of aryl methyl sites for hydroxylation is 2. The first-order valence-electron chi connectivity index (χ1n) is 8.50. The van der Waals surface area contributed by atoms with Crippen molar-refractivity contribution in [1.82, 2.24) is 24.8 Å². The van der Waals surface area contributed by atoms with Crippen LogP contribution in [0.2, 0.25) is 0 Å². The Balaban J connectivity index is 1.64. The van der Waals surface area contributed by atoms with Crippen LogP contribution in [0, 0.1) is 12.7 Å². The minimum atomic E-state index is -0.556. The Morgan fingerprint density at radius 3 is 3.00 bits per heavy atom. The van der Waals surface area contributed by atoms with E-state index in [0.717, 1.165) is 5.56 Å². The predicted molar refractivity (Wildman–Crippen MR) is 92.2 cm³/mol. The molecule has 27 heavy (non-hydrogen) atoms. The number of hydrogen-bond donors (Lipinski definition) is 0. The summed E-state index contributed by atoms with van der Waals surface area (Å²) in [5, 5.41) is 8.07. The fraction of sp³-hybridized carbons (Fsp3) is 0.333. The van der Waals surface area contributed by atoms with Gasteiger partial charge in [-0.05, 0) is 19.1 Å². The third-order valence-corrected chi connectivity index (χ3v) is 4.43. The smallest absolute Gasteiger partial charge is 0.261 e. The van der Waals surface area contributed by atoms with E-state index in [2.05, 4.69) is 15.2 Å². The summed E-state index contributed by atoms with van der Waals surface area (Å²) >= 11 is 0. The van der Waals surface area contributed by atoms with Crippen LogP contribution in [0.15, 0.2) is 35.1 Å². The number of amides is 1. The highest BCUT2D eigenvalue weighted by molar-refractivity contribution is 5.95. The van der Waals surface area contributed by atoms with Gasteiger partial charge in [0, 0.05) is 19.8 Å². The summed E-state index contributed by atoms with van der Waals surface area (Å²) in [7, 11) is 1.78. The Morgan fingerprint density at radius 2 is 2.22 bits per heavy atom. The van der Waals surface area contributed by atoms with Gasteiger partial charge in [-0.1, -0.05) is 16.8 Å². The largest absolute Gasteiger partial charge is 0.377 e. The highest BCUT2D eigenvalue weighted by Crippen LogP contribution is 2.27. The Bertz CT molecular complexity index is 983. The maximum Gasteiger partial charge on any atom is 0.261 e. The van der Waals surface area contributed by atoms with Crippen LogP contribution in [0.1, 0.15) is 27.8 Å². The van der Waals surface area contributed by atoms with Gasteiger partial charge in [-0.2, -0.15) is 10.1 Å². The molecule has 1 amide bonds. The number of ether oxygens (including phenoxy) is 1. The van der Waals surface area contributed by atoms with E-state index in [4.69, 9.17) is 9.26 Å². The van der Waals surface area contributed by atoms with Gasteiger partial charge in [-0.25, -0.2) is 4.39 Å². The number of nitrogens with zero attached hydrogens (tertiary/aromatic N) is 5. The molecule has 1 aliphatic rings. The fourth-order valence-corrected chi connectivity index (χ4v) is 3.04. The zero-order valence-corrected chi connectivity index (χ0v) is 14.9. The molecule has 1 fully saturated rings. The Morgan fingerprint density at radius 1 is 1.37 bits per heavy atom. The Labute approximate surface area is 154 Å². The molecule has 0 aliphatic carbocycles. The maximum atomic E-state index is 14.2. The zero-order chi connectivity index (χ0) is 19.0. The van der Waals surface area contributed by atoms with Gasteiger partial charge in [0.25, 0.3) is 11.8 Å². The average molecular weight is 371 g/mol. The summed E-state index contributed by atoms with van der Waals surface area (Å²) < 4.78 is 26.6. The number of halogens is 1. The first kappa shape index (κ1) is 17.3. The molecule has 9 heteroatoms. The molecule has 1 saturated heterocycles. The van der Waals surface area contributed by atoms with Crippen molar-refractivity contribution in [2.75, 3.05) is 19.8 Å². The van der Waals surface area contributed by atoms with Crippen molar-refractivity contribution in [3.8, 4) is 11.5 Å². The number of morpholine rings is 1. The van der Waals surface area contributed by atoms with Crippen molar-refractivity contribution < 1.29 is 18.4 Å². The van der Waals surface area contributed by atoms with Gasteiger partial charge in [0.15, 0.2) is 5.82 Å². The lowest BCUT2D eigenvalue weighted by Gasteiger charge is -2.33. The molecule has 3 aromatic rings. The molecule has 1 atom stereocenters. The van der Waals surface area contributed by atoms with Crippen LogP contribution in [0.4, 0.5) is 4.39 Å². The number of benzene rings is 1. The van der Waals surface area contributed by atoms with Gasteiger partial charge in [0.2, 0.25) is 0 Å². The molecule has 8 nitrogen and oxygen atoms in total. The van der Waals surface area contributed by atoms with Crippen LogP contribution in [-0.2, 0) is 11.8 Å². The predicted octanol–water partition coefficient (Wildman–Crippen LogP) is 2.13. The molecule has 0 saturated carbocycles. The molecule has 3 heterocycles. The molecule has 1 unspecified atom stereocenters. The molecule has 0 spiro atoms. The average Bonchev–Trinajstić information content (AvgIpc) is 3.32. The molecular weight excluding hydrogens is 353 g/mol. The third kappa shape index (κ3) is 3.33. The summed E-state index contributed by atoms with van der Waals surface area (Å²) in [6, 6.07) is 3.91. The lowest BCUT2D eigenvalue weighted by Crippen LogP contribution is -2.44. The van der Waals surface area contributed by atoms with E-state index in [0.29, 0.717) is 30.4 Å². The molecule has 140 valence electrons. The summed E-state index contributed by atoms with van der Waals surface area (Å²) in [4.78, 5) is 18.9. The normalized spacial score (nSPS) is 17.3. The van der Waals surface area contributed by atoms with Gasteiger partial charge in [0.05, 0.1) is 30.5 Å². The summed E-state index contributed by atoms with van der Waals surface area (Å²) in [5.74, 6) is -0.356. The van der Waals surface area contributed by atoms with E-state index in [9.17, 15) is 9.18 Å². The minimum Gasteiger partial charge on any atom is -0.377 e. The topological polar surface area (TPSA) is 86.3 Å². The third-order valence-electron chi connectivity index (χ3n) is 4.43. The molecule has 1 aliphatic heterocycles. The standard InChI is InChI=1S/C18H18FN5O3/c1-11-3-4-14(19)13(7-11)18(25)24-5-6-26-10-15(24)16-21-17(27-22-16)12-8-20-23(2)9-12/h3-4,7-9,15H,5-6,10H2,1-2H3. The number of carbonyl (C=O) groups excluding carboxylic acids is 1. The van der Waals surface area contributed by atoms with Gasteiger partial charge in [0.1, 0.15) is 11.9 Å². The fourth-order valence-electron chi connectivity index (χ4n) is 3.04. The molecule has 0 radical (unpaired) electrons. The Kier molecular flexibility index (Phi) is 4.44. The molecule has 4 rings (SSSR count). The van der Waals surface area contributed by atoms with Crippen LogP contribution < -0.4 is 0 Å². The van der Waals surface area contributed by atoms with Crippen LogP contribution in [0.5, 0.6) is 0 Å². The highest BCUT2D eigenvalue weighted by Gasteiger charge is 2.34. The van der Waals surface area contributed by atoms with Crippen molar-refractivity contribution in [3.63, 3.8) is 0 Å². The van der Waals surface area contributed by atoms with E-state index in [1.165, 1.54) is 11.0 Å². The first-order chi connectivity index (χ1) is 13.0. The first-order valence-corrected chi connectivity index (χ1v) is 8.50. The number of aromatic nitrogens is 4. The van der Waals surface area contributed by atoms with Crippen molar-refractivity contribution in [3.05, 3.63) is 53.4 Å². The molecular formula is C18H18FN5O3. The van der Waals surface area contributed by atoms with E-state index in [1.54, 1.807) is 36.3 Å². The van der Waals surface area contributed by atoms with E-state index in [1.807, 2.05) is 6.92 Å². The van der Waals surface area contributed by atoms with Gasteiger partial charge in [-0.3, -0.25) is 9.48 Å².